The third-order valence-electron chi connectivity index (χ3n) is 4.12. The van der Waals surface area contributed by atoms with Crippen molar-refractivity contribution in [1.82, 2.24) is 10.3 Å². The number of benzene rings is 1. The van der Waals surface area contributed by atoms with Gasteiger partial charge in [-0.3, -0.25) is 4.79 Å². The maximum Gasteiger partial charge on any atom is 0.236 e. The summed E-state index contributed by atoms with van der Waals surface area (Å²) in [6.45, 7) is 1.70. The van der Waals surface area contributed by atoms with Crippen LogP contribution in [0.15, 0.2) is 54.7 Å². The summed E-state index contributed by atoms with van der Waals surface area (Å²) in [7, 11) is 0. The molecule has 4 nitrogen and oxygen atoms in total. The van der Waals surface area contributed by atoms with E-state index in [1.807, 2.05) is 48.5 Å². The highest BCUT2D eigenvalue weighted by Gasteiger charge is 2.41. The lowest BCUT2D eigenvalue weighted by molar-refractivity contribution is -0.122. The molecule has 1 aromatic heterocycles. The summed E-state index contributed by atoms with van der Waals surface area (Å²) in [5.74, 6) is 0.644. The van der Waals surface area contributed by atoms with Crippen LogP contribution in [0.2, 0.25) is 0 Å². The highest BCUT2D eigenvalue weighted by atomic mass is 16.2. The van der Waals surface area contributed by atoms with Crippen molar-refractivity contribution in [2.45, 2.75) is 18.3 Å². The van der Waals surface area contributed by atoms with Gasteiger partial charge in [-0.2, -0.15) is 0 Å². The molecule has 1 amide bonds. The topological polar surface area (TPSA) is 54.0 Å². The van der Waals surface area contributed by atoms with E-state index in [1.165, 1.54) is 0 Å². The van der Waals surface area contributed by atoms with E-state index in [0.29, 0.717) is 5.82 Å². The zero-order valence-corrected chi connectivity index (χ0v) is 11.9. The average molecular weight is 281 g/mol. The molecule has 0 atom stereocenters. The second kappa shape index (κ2) is 6.06. The van der Waals surface area contributed by atoms with Crippen molar-refractivity contribution in [1.29, 1.82) is 0 Å². The zero-order chi connectivity index (χ0) is 14.5. The molecule has 21 heavy (non-hydrogen) atoms. The number of pyridine rings is 1. The molecule has 1 aliphatic heterocycles. The van der Waals surface area contributed by atoms with E-state index in [4.69, 9.17) is 0 Å². The summed E-state index contributed by atoms with van der Waals surface area (Å²) in [5.41, 5.74) is 0.615. The molecule has 1 aliphatic rings. The maximum atomic E-state index is 12.9. The molecule has 3 rings (SSSR count). The van der Waals surface area contributed by atoms with E-state index in [2.05, 4.69) is 15.6 Å². The Labute approximate surface area is 124 Å². The minimum absolute atomic E-state index is 0.0360. The summed E-state index contributed by atoms with van der Waals surface area (Å²) in [6, 6.07) is 15.6. The van der Waals surface area contributed by atoms with Crippen molar-refractivity contribution in [3.05, 3.63) is 60.3 Å². The van der Waals surface area contributed by atoms with Gasteiger partial charge >= 0.3 is 0 Å². The molecular formula is C17H19N3O. The van der Waals surface area contributed by atoms with E-state index in [1.54, 1.807) is 6.20 Å². The Morgan fingerprint density at radius 3 is 2.43 bits per heavy atom. The van der Waals surface area contributed by atoms with E-state index >= 15 is 0 Å². The van der Waals surface area contributed by atoms with Crippen LogP contribution in [0.1, 0.15) is 18.4 Å². The number of piperidine rings is 1. The Hall–Kier alpha value is -2.20. The van der Waals surface area contributed by atoms with Crippen molar-refractivity contribution in [2.24, 2.45) is 0 Å². The second-order valence-electron chi connectivity index (χ2n) is 5.37. The van der Waals surface area contributed by atoms with Gasteiger partial charge in [-0.05, 0) is 43.6 Å². The van der Waals surface area contributed by atoms with Crippen LogP contribution in [0.25, 0.3) is 0 Å². The van der Waals surface area contributed by atoms with Crippen LogP contribution in [0, 0.1) is 0 Å². The first-order chi connectivity index (χ1) is 10.3. The van der Waals surface area contributed by atoms with Gasteiger partial charge in [0.1, 0.15) is 5.82 Å². The number of hydrogen-bond acceptors (Lipinski definition) is 3. The third kappa shape index (κ3) is 2.81. The van der Waals surface area contributed by atoms with Gasteiger partial charge in [-0.15, -0.1) is 0 Å². The van der Waals surface area contributed by atoms with Gasteiger partial charge in [0.25, 0.3) is 0 Å². The average Bonchev–Trinajstić information content (AvgIpc) is 2.57. The molecule has 2 aromatic rings. The molecule has 1 saturated heterocycles. The Bertz CT molecular complexity index is 592. The number of anilines is 1. The predicted octanol–water partition coefficient (Wildman–Crippen LogP) is 2.34. The molecular weight excluding hydrogens is 262 g/mol. The molecule has 0 radical (unpaired) electrons. The highest BCUT2D eigenvalue weighted by Crippen LogP contribution is 2.34. The van der Waals surface area contributed by atoms with E-state index < -0.39 is 5.41 Å². The van der Waals surface area contributed by atoms with Gasteiger partial charge in [0.15, 0.2) is 0 Å². The summed E-state index contributed by atoms with van der Waals surface area (Å²) in [4.78, 5) is 17.1. The summed E-state index contributed by atoms with van der Waals surface area (Å²) < 4.78 is 0. The van der Waals surface area contributed by atoms with Crippen LogP contribution in [0.3, 0.4) is 0 Å². The number of aromatic nitrogens is 1. The van der Waals surface area contributed by atoms with Crippen molar-refractivity contribution in [2.75, 3.05) is 18.4 Å². The van der Waals surface area contributed by atoms with Crippen molar-refractivity contribution in [3.63, 3.8) is 0 Å². The fraction of sp³-hybridized carbons (Fsp3) is 0.294. The fourth-order valence-corrected chi connectivity index (χ4v) is 2.93. The zero-order valence-electron chi connectivity index (χ0n) is 11.9. The van der Waals surface area contributed by atoms with Crippen molar-refractivity contribution in [3.8, 4) is 0 Å². The van der Waals surface area contributed by atoms with E-state index in [-0.39, 0.29) is 5.91 Å². The van der Waals surface area contributed by atoms with Crippen LogP contribution in [0.5, 0.6) is 0 Å². The van der Waals surface area contributed by atoms with Crippen LogP contribution in [0.4, 0.5) is 5.82 Å². The Morgan fingerprint density at radius 1 is 1.05 bits per heavy atom. The van der Waals surface area contributed by atoms with Crippen LogP contribution < -0.4 is 10.6 Å². The Balaban J connectivity index is 1.90. The normalized spacial score (nSPS) is 17.1. The number of rotatable bonds is 3. The highest BCUT2D eigenvalue weighted by molar-refractivity contribution is 5.98. The number of carbonyl (C=O) groups is 1. The fourth-order valence-electron chi connectivity index (χ4n) is 2.93. The summed E-state index contributed by atoms with van der Waals surface area (Å²) >= 11 is 0. The molecule has 2 N–H and O–H groups in total. The van der Waals surface area contributed by atoms with Crippen LogP contribution in [-0.2, 0) is 10.2 Å². The Morgan fingerprint density at radius 2 is 1.76 bits per heavy atom. The van der Waals surface area contributed by atoms with Crippen LogP contribution in [-0.4, -0.2) is 24.0 Å². The van der Waals surface area contributed by atoms with E-state index in [9.17, 15) is 4.79 Å². The minimum atomic E-state index is -0.468. The number of amides is 1. The number of nitrogens with one attached hydrogen (secondary N) is 2. The van der Waals surface area contributed by atoms with Gasteiger partial charge in [0.05, 0.1) is 5.41 Å². The maximum absolute atomic E-state index is 12.9. The van der Waals surface area contributed by atoms with Gasteiger partial charge in [-0.1, -0.05) is 36.4 Å². The first-order valence-electron chi connectivity index (χ1n) is 7.30. The number of hydrogen-bond donors (Lipinski definition) is 2. The summed E-state index contributed by atoms with van der Waals surface area (Å²) in [5, 5.41) is 6.31. The molecule has 0 spiro atoms. The van der Waals surface area contributed by atoms with E-state index in [0.717, 1.165) is 31.5 Å². The van der Waals surface area contributed by atoms with Gasteiger partial charge in [0, 0.05) is 6.20 Å². The van der Waals surface area contributed by atoms with Gasteiger partial charge in [0.2, 0.25) is 5.91 Å². The lowest BCUT2D eigenvalue weighted by Crippen LogP contribution is -2.48. The summed E-state index contributed by atoms with van der Waals surface area (Å²) in [6.07, 6.45) is 3.29. The Kier molecular flexibility index (Phi) is 3.97. The minimum Gasteiger partial charge on any atom is -0.317 e. The van der Waals surface area contributed by atoms with Crippen LogP contribution >= 0.6 is 0 Å². The number of nitrogens with zero attached hydrogens (tertiary/aromatic N) is 1. The molecule has 108 valence electrons. The van der Waals surface area contributed by atoms with Crippen molar-refractivity contribution < 1.29 is 4.79 Å². The first-order valence-corrected chi connectivity index (χ1v) is 7.30. The lowest BCUT2D eigenvalue weighted by Gasteiger charge is -2.36. The standard InChI is InChI=1S/C17H19N3O/c21-16(20-15-8-4-5-11-19-15)17(9-12-18-13-10-17)14-6-2-1-3-7-14/h1-8,11,18H,9-10,12-13H2,(H,19,20,21). The predicted molar refractivity (Wildman–Crippen MR) is 83.1 cm³/mol. The molecule has 1 fully saturated rings. The molecule has 2 heterocycles. The monoisotopic (exact) mass is 281 g/mol. The second-order valence-corrected chi connectivity index (χ2v) is 5.37. The SMILES string of the molecule is O=C(Nc1ccccn1)C1(c2ccccc2)CCNCC1. The van der Waals surface area contributed by atoms with Gasteiger partial charge < -0.3 is 10.6 Å². The molecule has 0 unspecified atom stereocenters. The smallest absolute Gasteiger partial charge is 0.236 e. The molecule has 0 bridgehead atoms. The van der Waals surface area contributed by atoms with Gasteiger partial charge in [-0.25, -0.2) is 4.98 Å². The van der Waals surface area contributed by atoms with Crippen molar-refractivity contribution >= 4 is 11.7 Å². The quantitative estimate of drug-likeness (QED) is 0.908. The largest absolute Gasteiger partial charge is 0.317 e. The first kappa shape index (κ1) is 13.8. The molecule has 0 aliphatic carbocycles. The third-order valence-corrected chi connectivity index (χ3v) is 4.12. The molecule has 0 saturated carbocycles. The lowest BCUT2D eigenvalue weighted by atomic mass is 9.72. The number of carbonyl (C=O) groups excluding carboxylic acids is 1. The molecule has 1 aromatic carbocycles. The molecule has 4 heteroatoms.